The lowest BCUT2D eigenvalue weighted by Gasteiger charge is -2.32. The van der Waals surface area contributed by atoms with Gasteiger partial charge in [-0.2, -0.15) is 0 Å². The molecular weight excluding hydrogens is 492 g/mol. The van der Waals surface area contributed by atoms with Crippen molar-refractivity contribution in [3.8, 4) is 5.75 Å². The average Bonchev–Trinajstić information content (AvgIpc) is 3.44. The van der Waals surface area contributed by atoms with Crippen LogP contribution in [-0.4, -0.2) is 55.0 Å². The highest BCUT2D eigenvalue weighted by Gasteiger charge is 2.20. The van der Waals surface area contributed by atoms with E-state index in [1.165, 1.54) is 65.7 Å². The Hall–Kier alpha value is -3.15. The zero-order valence-electron chi connectivity index (χ0n) is 24.1. The number of piperidine rings is 1. The van der Waals surface area contributed by atoms with Gasteiger partial charge >= 0.3 is 0 Å². The van der Waals surface area contributed by atoms with Gasteiger partial charge in [-0.25, -0.2) is 0 Å². The molecule has 5 nitrogen and oxygen atoms in total. The Kier molecular flexibility index (Phi) is 8.80. The van der Waals surface area contributed by atoms with E-state index in [4.69, 9.17) is 4.74 Å². The number of nitrogens with one attached hydrogen (secondary N) is 1. The van der Waals surface area contributed by atoms with E-state index in [1.807, 2.05) is 0 Å². The molecule has 6 rings (SSSR count). The molecule has 1 fully saturated rings. The van der Waals surface area contributed by atoms with Crippen molar-refractivity contribution in [3.05, 3.63) is 100 Å². The molecule has 0 aromatic heterocycles. The Bertz CT molecular complexity index is 1290. The number of rotatable bonds is 9. The molecule has 0 bridgehead atoms. The van der Waals surface area contributed by atoms with E-state index >= 15 is 0 Å². The largest absolute Gasteiger partial charge is 0.494 e. The highest BCUT2D eigenvalue weighted by molar-refractivity contribution is 5.99. The van der Waals surface area contributed by atoms with Crippen molar-refractivity contribution in [1.29, 1.82) is 0 Å². The molecule has 0 atom stereocenters. The number of aliphatic imine (C=N–C) groups is 1. The lowest BCUT2D eigenvalue weighted by molar-refractivity contribution is 0.157. The van der Waals surface area contributed by atoms with Crippen LogP contribution in [0.3, 0.4) is 0 Å². The molecule has 3 aromatic carbocycles. The summed E-state index contributed by atoms with van der Waals surface area (Å²) in [4.78, 5) is 9.73. The van der Waals surface area contributed by atoms with E-state index in [9.17, 15) is 0 Å². The number of nitrogens with zero attached hydrogens (tertiary/aromatic N) is 3. The summed E-state index contributed by atoms with van der Waals surface area (Å²) in [6, 6.07) is 24.6. The predicted molar refractivity (Wildman–Crippen MR) is 164 cm³/mol. The molecule has 3 heterocycles. The topological polar surface area (TPSA) is 40.1 Å². The molecule has 3 aliphatic heterocycles. The van der Waals surface area contributed by atoms with E-state index < -0.39 is 0 Å². The van der Waals surface area contributed by atoms with Crippen LogP contribution < -0.4 is 10.1 Å². The molecular formula is C35H44N4O. The fraction of sp³-hybridized carbons (Fsp3) is 0.457. The molecule has 210 valence electrons. The quantitative estimate of drug-likeness (QED) is 0.366. The van der Waals surface area contributed by atoms with Crippen LogP contribution in [0.5, 0.6) is 5.75 Å². The summed E-state index contributed by atoms with van der Waals surface area (Å²) in [5, 5.41) is 3.36. The van der Waals surface area contributed by atoms with Crippen LogP contribution in [0, 0.1) is 12.8 Å². The van der Waals surface area contributed by atoms with Crippen molar-refractivity contribution in [2.45, 2.75) is 58.7 Å². The van der Waals surface area contributed by atoms with Crippen LogP contribution >= 0.6 is 0 Å². The Balaban J connectivity index is 0.946. The molecule has 3 aliphatic rings. The lowest BCUT2D eigenvalue weighted by atomic mass is 9.93. The highest BCUT2D eigenvalue weighted by atomic mass is 16.5. The first kappa shape index (κ1) is 27.0. The van der Waals surface area contributed by atoms with Gasteiger partial charge in [0.15, 0.2) is 0 Å². The first-order chi connectivity index (χ1) is 19.7. The maximum Gasteiger partial charge on any atom is 0.128 e. The second-order valence-electron chi connectivity index (χ2n) is 11.9. The summed E-state index contributed by atoms with van der Waals surface area (Å²) < 4.78 is 6.32. The fourth-order valence-electron chi connectivity index (χ4n) is 6.45. The first-order valence-corrected chi connectivity index (χ1v) is 15.3. The van der Waals surface area contributed by atoms with Crippen LogP contribution in [0.4, 0.5) is 0 Å². The summed E-state index contributed by atoms with van der Waals surface area (Å²) in [5.74, 6) is 2.84. The summed E-state index contributed by atoms with van der Waals surface area (Å²) >= 11 is 0. The number of amidine groups is 1. The van der Waals surface area contributed by atoms with Crippen molar-refractivity contribution in [2.75, 3.05) is 39.3 Å². The number of likely N-dealkylation sites (tertiary alicyclic amines) is 1. The molecule has 0 saturated carbocycles. The number of aryl methyl sites for hydroxylation is 2. The number of ether oxygens (including phenoxy) is 1. The third kappa shape index (κ3) is 6.94. The minimum Gasteiger partial charge on any atom is -0.494 e. The van der Waals surface area contributed by atoms with Crippen LogP contribution in [-0.2, 0) is 26.1 Å². The zero-order valence-corrected chi connectivity index (χ0v) is 24.1. The number of hydrogen-bond acceptors (Lipinski definition) is 5. The van der Waals surface area contributed by atoms with Gasteiger partial charge in [0, 0.05) is 31.7 Å². The number of hydrogen-bond donors (Lipinski definition) is 1. The number of benzene rings is 3. The van der Waals surface area contributed by atoms with Crippen LogP contribution in [0.15, 0.2) is 71.7 Å². The van der Waals surface area contributed by atoms with Crippen LogP contribution in [0.1, 0.15) is 59.1 Å². The molecule has 0 aliphatic carbocycles. The molecule has 40 heavy (non-hydrogen) atoms. The van der Waals surface area contributed by atoms with E-state index in [2.05, 4.69) is 93.8 Å². The monoisotopic (exact) mass is 536 g/mol. The van der Waals surface area contributed by atoms with Crippen molar-refractivity contribution < 1.29 is 4.74 Å². The van der Waals surface area contributed by atoms with E-state index in [0.29, 0.717) is 0 Å². The van der Waals surface area contributed by atoms with Gasteiger partial charge in [0.1, 0.15) is 11.6 Å². The summed E-state index contributed by atoms with van der Waals surface area (Å²) in [7, 11) is 0. The zero-order chi connectivity index (χ0) is 27.1. The van der Waals surface area contributed by atoms with Gasteiger partial charge in [0.2, 0.25) is 0 Å². The molecule has 5 heteroatoms. The second-order valence-corrected chi connectivity index (χ2v) is 11.9. The Labute approximate surface area is 240 Å². The van der Waals surface area contributed by atoms with E-state index in [0.717, 1.165) is 76.2 Å². The average molecular weight is 537 g/mol. The van der Waals surface area contributed by atoms with Gasteiger partial charge in [0.05, 0.1) is 13.2 Å². The molecule has 1 N–H and O–H groups in total. The minimum absolute atomic E-state index is 0.760. The SMILES string of the molecule is Cc1ccccc1CN1CCCc2ccc(OCCC3CCN(Cc4ccc(C5=NCCN5)cc4)CC3)cc2C1. The second kappa shape index (κ2) is 13.0. The van der Waals surface area contributed by atoms with Gasteiger partial charge in [-0.1, -0.05) is 54.6 Å². The number of fused-ring (bicyclic) bond motifs is 1. The van der Waals surface area contributed by atoms with Crippen LogP contribution in [0.25, 0.3) is 0 Å². The third-order valence-electron chi connectivity index (χ3n) is 8.96. The molecule has 0 amide bonds. The van der Waals surface area contributed by atoms with Crippen molar-refractivity contribution >= 4 is 5.84 Å². The van der Waals surface area contributed by atoms with Gasteiger partial charge in [-0.15, -0.1) is 0 Å². The van der Waals surface area contributed by atoms with E-state index in [-0.39, 0.29) is 0 Å². The van der Waals surface area contributed by atoms with E-state index in [1.54, 1.807) is 0 Å². The minimum atomic E-state index is 0.760. The molecule has 0 radical (unpaired) electrons. The third-order valence-corrected chi connectivity index (χ3v) is 8.96. The fourth-order valence-corrected chi connectivity index (χ4v) is 6.45. The van der Waals surface area contributed by atoms with Gasteiger partial charge < -0.3 is 10.1 Å². The Morgan fingerprint density at radius 1 is 0.900 bits per heavy atom. The Morgan fingerprint density at radius 3 is 2.55 bits per heavy atom. The first-order valence-electron chi connectivity index (χ1n) is 15.3. The molecule has 0 unspecified atom stereocenters. The van der Waals surface area contributed by atoms with Crippen molar-refractivity contribution in [2.24, 2.45) is 10.9 Å². The molecule has 3 aromatic rings. The summed E-state index contributed by atoms with van der Waals surface area (Å²) in [5.41, 5.74) is 8.35. The van der Waals surface area contributed by atoms with Crippen molar-refractivity contribution in [3.63, 3.8) is 0 Å². The van der Waals surface area contributed by atoms with Gasteiger partial charge in [-0.3, -0.25) is 14.8 Å². The predicted octanol–water partition coefficient (Wildman–Crippen LogP) is 5.97. The Morgan fingerprint density at radius 2 is 1.75 bits per heavy atom. The van der Waals surface area contributed by atoms with Crippen molar-refractivity contribution in [1.82, 2.24) is 15.1 Å². The maximum absolute atomic E-state index is 6.32. The maximum atomic E-state index is 6.32. The summed E-state index contributed by atoms with van der Waals surface area (Å²) in [6.45, 7) is 11.5. The lowest BCUT2D eigenvalue weighted by Crippen LogP contribution is -2.33. The summed E-state index contributed by atoms with van der Waals surface area (Å²) in [6.07, 6.45) is 6.06. The van der Waals surface area contributed by atoms with Gasteiger partial charge in [0.25, 0.3) is 0 Å². The highest BCUT2D eigenvalue weighted by Crippen LogP contribution is 2.27. The van der Waals surface area contributed by atoms with Gasteiger partial charge in [-0.05, 0) is 105 Å². The molecule has 0 spiro atoms. The smallest absolute Gasteiger partial charge is 0.128 e. The van der Waals surface area contributed by atoms with Crippen LogP contribution in [0.2, 0.25) is 0 Å². The normalized spacial score (nSPS) is 18.6. The molecule has 1 saturated heterocycles. The standard InChI is InChI=1S/C35H44N4O/c1-27-5-2-3-6-32(27)25-39-19-4-7-30-12-13-34(23-33(30)26-39)40-22-16-28-14-20-38(21-15-28)24-29-8-10-31(11-9-29)35-36-17-18-37-35/h2-3,5-6,8-13,23,28H,4,7,14-22,24-26H2,1H3,(H,36,37).